The summed E-state index contributed by atoms with van der Waals surface area (Å²) in [6.45, 7) is 0. The third-order valence-corrected chi connectivity index (χ3v) is 11.5. The summed E-state index contributed by atoms with van der Waals surface area (Å²) in [5.74, 6) is 0.644. The van der Waals surface area contributed by atoms with Crippen molar-refractivity contribution in [1.82, 2.24) is 14.5 Å². The number of benzene rings is 9. The summed E-state index contributed by atoms with van der Waals surface area (Å²) in [5, 5.41) is 12.3. The third-order valence-electron chi connectivity index (χ3n) is 11.5. The van der Waals surface area contributed by atoms with E-state index in [0.717, 1.165) is 66.1 Å². The van der Waals surface area contributed by atoms with Crippen molar-refractivity contribution in [1.29, 1.82) is 0 Å². The summed E-state index contributed by atoms with van der Waals surface area (Å²) in [4.78, 5) is 10.00. The van der Waals surface area contributed by atoms with Crippen molar-refractivity contribution in [3.63, 3.8) is 0 Å². The highest BCUT2D eigenvalue weighted by Crippen LogP contribution is 2.39. The second-order valence-corrected chi connectivity index (χ2v) is 14.6. The van der Waals surface area contributed by atoms with E-state index in [4.69, 9.17) is 14.4 Å². The SMILES string of the molecule is c1ccc2c(c1)oc1ccc(-c3ccc4c(c3)c3ccccc3n4-c3nccc(-c4ccc(-c5ccc6c7ccccc7c7ccccc7c6c5)cc4)n3)cc12. The minimum Gasteiger partial charge on any atom is -0.456 e. The number of furan rings is 1. The van der Waals surface area contributed by atoms with Crippen LogP contribution in [0.5, 0.6) is 0 Å². The minimum atomic E-state index is 0.644. The lowest BCUT2D eigenvalue weighted by Crippen LogP contribution is -2.01. The van der Waals surface area contributed by atoms with E-state index in [1.807, 2.05) is 24.4 Å². The molecule has 9 aromatic carbocycles. The average Bonchev–Trinajstić information content (AvgIpc) is 3.81. The molecule has 0 amide bonds. The number of hydrogen-bond acceptors (Lipinski definition) is 3. The highest BCUT2D eigenvalue weighted by Gasteiger charge is 2.17. The monoisotopic (exact) mass is 713 g/mol. The zero-order chi connectivity index (χ0) is 36.7. The summed E-state index contributed by atoms with van der Waals surface area (Å²) in [5.41, 5.74) is 10.5. The van der Waals surface area contributed by atoms with E-state index in [9.17, 15) is 0 Å². The highest BCUT2D eigenvalue weighted by molar-refractivity contribution is 6.25. The van der Waals surface area contributed by atoms with Crippen LogP contribution in [0.3, 0.4) is 0 Å². The van der Waals surface area contributed by atoms with Gasteiger partial charge in [0.2, 0.25) is 5.95 Å². The van der Waals surface area contributed by atoms with Crippen LogP contribution in [0.15, 0.2) is 193 Å². The van der Waals surface area contributed by atoms with Crippen LogP contribution < -0.4 is 0 Å². The van der Waals surface area contributed by atoms with Crippen molar-refractivity contribution >= 4 is 76.1 Å². The number of rotatable bonds is 4. The first-order valence-corrected chi connectivity index (χ1v) is 19.0. The van der Waals surface area contributed by atoms with Crippen molar-refractivity contribution in [2.45, 2.75) is 0 Å². The molecule has 0 saturated heterocycles. The molecule has 260 valence electrons. The topological polar surface area (TPSA) is 43.9 Å². The van der Waals surface area contributed by atoms with Gasteiger partial charge in [0.05, 0.1) is 16.7 Å². The van der Waals surface area contributed by atoms with Crippen LogP contribution in [-0.2, 0) is 0 Å². The molecule has 0 bridgehead atoms. The van der Waals surface area contributed by atoms with E-state index >= 15 is 0 Å². The van der Waals surface area contributed by atoms with Gasteiger partial charge < -0.3 is 4.42 Å². The van der Waals surface area contributed by atoms with Crippen LogP contribution in [0.4, 0.5) is 0 Å². The zero-order valence-electron chi connectivity index (χ0n) is 30.1. The summed E-state index contributed by atoms with van der Waals surface area (Å²) in [6, 6.07) is 64.9. The minimum absolute atomic E-state index is 0.644. The van der Waals surface area contributed by atoms with Gasteiger partial charge in [0.1, 0.15) is 11.2 Å². The van der Waals surface area contributed by atoms with E-state index in [0.29, 0.717) is 5.95 Å². The number of aromatic nitrogens is 3. The molecule has 0 aliphatic heterocycles. The quantitative estimate of drug-likeness (QED) is 0.171. The second kappa shape index (κ2) is 12.0. The van der Waals surface area contributed by atoms with Gasteiger partial charge in [0.25, 0.3) is 0 Å². The predicted molar refractivity (Wildman–Crippen MR) is 232 cm³/mol. The Hall–Kier alpha value is -7.56. The fourth-order valence-corrected chi connectivity index (χ4v) is 8.81. The summed E-state index contributed by atoms with van der Waals surface area (Å²) < 4.78 is 8.30. The normalized spacial score (nSPS) is 11.9. The Labute approximate surface area is 321 Å². The second-order valence-electron chi connectivity index (χ2n) is 14.6. The van der Waals surface area contributed by atoms with Gasteiger partial charge in [-0.15, -0.1) is 0 Å². The first-order chi connectivity index (χ1) is 27.7. The van der Waals surface area contributed by atoms with Crippen LogP contribution in [-0.4, -0.2) is 14.5 Å². The molecule has 0 aliphatic carbocycles. The number of fused-ring (bicyclic) bond motifs is 12. The van der Waals surface area contributed by atoms with E-state index in [-0.39, 0.29) is 0 Å². The molecule has 4 nitrogen and oxygen atoms in total. The van der Waals surface area contributed by atoms with Crippen molar-refractivity contribution in [2.24, 2.45) is 0 Å². The van der Waals surface area contributed by atoms with Gasteiger partial charge in [0.15, 0.2) is 0 Å². The molecular formula is C52H31N3O. The fourth-order valence-electron chi connectivity index (χ4n) is 8.81. The Kier molecular flexibility index (Phi) is 6.60. The molecule has 56 heavy (non-hydrogen) atoms. The van der Waals surface area contributed by atoms with Crippen molar-refractivity contribution in [2.75, 3.05) is 0 Å². The first kappa shape index (κ1) is 30.9. The van der Waals surface area contributed by atoms with Gasteiger partial charge >= 0.3 is 0 Å². The smallest absolute Gasteiger partial charge is 0.235 e. The summed E-state index contributed by atoms with van der Waals surface area (Å²) in [6.07, 6.45) is 1.86. The maximum Gasteiger partial charge on any atom is 0.235 e. The number of para-hydroxylation sites is 2. The van der Waals surface area contributed by atoms with Gasteiger partial charge in [-0.25, -0.2) is 9.97 Å². The maximum atomic E-state index is 6.11. The molecule has 4 heteroatoms. The molecule has 3 aromatic heterocycles. The highest BCUT2D eigenvalue weighted by atomic mass is 16.3. The van der Waals surface area contributed by atoms with Crippen molar-refractivity contribution < 1.29 is 4.42 Å². The Morgan fingerprint density at radius 1 is 0.339 bits per heavy atom. The van der Waals surface area contributed by atoms with Gasteiger partial charge in [-0.3, -0.25) is 4.57 Å². The van der Waals surface area contributed by atoms with E-state index < -0.39 is 0 Å². The molecule has 0 fully saturated rings. The van der Waals surface area contributed by atoms with E-state index in [1.54, 1.807) is 0 Å². The van der Waals surface area contributed by atoms with Crippen LogP contribution in [0.2, 0.25) is 0 Å². The Bertz CT molecular complexity index is 3500. The third kappa shape index (κ3) is 4.66. The Balaban J connectivity index is 0.924. The summed E-state index contributed by atoms with van der Waals surface area (Å²) in [7, 11) is 0. The maximum absolute atomic E-state index is 6.11. The van der Waals surface area contributed by atoms with Crippen LogP contribution >= 0.6 is 0 Å². The lowest BCUT2D eigenvalue weighted by atomic mass is 9.92. The Morgan fingerprint density at radius 2 is 0.839 bits per heavy atom. The van der Waals surface area contributed by atoms with Gasteiger partial charge in [-0.1, -0.05) is 133 Å². The standard InChI is InChI=1S/C52H31N3O/c1-2-11-39-37(9-1)38-10-3-4-12-40(38)44-29-34(21-24-41(39)44)32-17-19-33(20-18-32)47-27-28-53-52(54-47)55-48-15-7-5-13-42(48)45-30-35(22-25-49(45)55)36-23-26-51-46(31-36)43-14-6-8-16-50(43)56-51/h1-31H. The molecule has 0 spiro atoms. The molecule has 3 heterocycles. The van der Waals surface area contributed by atoms with Crippen LogP contribution in [0, 0.1) is 0 Å². The van der Waals surface area contributed by atoms with Crippen molar-refractivity contribution in [3.05, 3.63) is 188 Å². The number of nitrogens with zero attached hydrogens (tertiary/aromatic N) is 3. The van der Waals surface area contributed by atoms with Crippen molar-refractivity contribution in [3.8, 4) is 39.5 Å². The Morgan fingerprint density at radius 3 is 1.61 bits per heavy atom. The number of hydrogen-bond donors (Lipinski definition) is 0. The molecule has 0 N–H and O–H groups in total. The van der Waals surface area contributed by atoms with Crippen LogP contribution in [0.25, 0.3) is 116 Å². The first-order valence-electron chi connectivity index (χ1n) is 19.0. The molecule has 12 rings (SSSR count). The van der Waals surface area contributed by atoms with Gasteiger partial charge in [-0.05, 0) is 103 Å². The van der Waals surface area contributed by atoms with Crippen LogP contribution in [0.1, 0.15) is 0 Å². The largest absolute Gasteiger partial charge is 0.456 e. The van der Waals surface area contributed by atoms with Gasteiger partial charge in [0, 0.05) is 33.3 Å². The van der Waals surface area contributed by atoms with E-state index in [1.165, 1.54) is 43.4 Å². The molecule has 0 radical (unpaired) electrons. The molecule has 12 aromatic rings. The van der Waals surface area contributed by atoms with Gasteiger partial charge in [-0.2, -0.15) is 0 Å². The zero-order valence-corrected chi connectivity index (χ0v) is 30.1. The van der Waals surface area contributed by atoms with E-state index in [2.05, 4.69) is 168 Å². The molecular weight excluding hydrogens is 683 g/mol. The molecule has 0 unspecified atom stereocenters. The average molecular weight is 714 g/mol. The lowest BCUT2D eigenvalue weighted by molar-refractivity contribution is 0.669. The fraction of sp³-hybridized carbons (Fsp3) is 0. The summed E-state index contributed by atoms with van der Waals surface area (Å²) >= 11 is 0. The predicted octanol–water partition coefficient (Wildman–Crippen LogP) is 13.9. The lowest BCUT2D eigenvalue weighted by Gasteiger charge is -2.12. The molecule has 0 saturated carbocycles. The molecule has 0 aliphatic rings. The molecule has 0 atom stereocenters.